The maximum atomic E-state index is 11.8. The van der Waals surface area contributed by atoms with Gasteiger partial charge in [0.25, 0.3) is 0 Å². The zero-order chi connectivity index (χ0) is 16.7. The van der Waals surface area contributed by atoms with Gasteiger partial charge in [-0.25, -0.2) is 9.36 Å². The van der Waals surface area contributed by atoms with E-state index in [2.05, 4.69) is 9.51 Å². The topological polar surface area (TPSA) is 198 Å². The van der Waals surface area contributed by atoms with Gasteiger partial charge in [-0.3, -0.25) is 14.4 Å². The molecule has 13 heteroatoms. The zero-order valence-corrected chi connectivity index (χ0v) is 11.8. The quantitative estimate of drug-likeness (QED) is 0.304. The Hall–Kier alpha value is -1.53. The summed E-state index contributed by atoms with van der Waals surface area (Å²) in [7, 11) is -4.95. The molecule has 1 aromatic heterocycles. The fourth-order valence-corrected chi connectivity index (χ4v) is 2.35. The summed E-state index contributed by atoms with van der Waals surface area (Å²) in [4.78, 5) is 32.6. The minimum atomic E-state index is -4.95. The van der Waals surface area contributed by atoms with Gasteiger partial charge in [-0.1, -0.05) is 0 Å². The van der Waals surface area contributed by atoms with Crippen molar-refractivity contribution in [2.24, 2.45) is 0 Å². The Kier molecular flexibility index (Phi) is 4.54. The fraction of sp³-hybridized carbons (Fsp3) is 0.556. The van der Waals surface area contributed by atoms with E-state index in [9.17, 15) is 19.6 Å². The predicted molar refractivity (Wildman–Crippen MR) is 68.6 cm³/mol. The van der Waals surface area contributed by atoms with Gasteiger partial charge >= 0.3 is 13.5 Å². The van der Waals surface area contributed by atoms with Crippen molar-refractivity contribution in [1.29, 1.82) is 0 Å². The van der Waals surface area contributed by atoms with Crippen LogP contribution in [0, 0.1) is 0 Å². The smallest absolute Gasteiger partial charge is 0.399 e. The van der Waals surface area contributed by atoms with Crippen molar-refractivity contribution < 1.29 is 38.9 Å². The lowest BCUT2D eigenvalue weighted by Crippen LogP contribution is -2.36. The fourth-order valence-electron chi connectivity index (χ4n) is 1.95. The second-order valence-corrected chi connectivity index (χ2v) is 5.65. The number of aliphatic hydroxyl groups is 3. The van der Waals surface area contributed by atoms with Crippen LogP contribution < -0.4 is 15.9 Å². The first-order chi connectivity index (χ1) is 10.1. The van der Waals surface area contributed by atoms with Crippen LogP contribution in [-0.4, -0.2) is 59.6 Å². The van der Waals surface area contributed by atoms with Crippen LogP contribution in [0.2, 0.25) is 0 Å². The molecular formula is C9H14N3O9P. The molecule has 1 aliphatic heterocycles. The van der Waals surface area contributed by atoms with Gasteiger partial charge in [-0.15, -0.1) is 0 Å². The highest BCUT2D eigenvalue weighted by molar-refractivity contribution is 7.46. The Morgan fingerprint density at radius 1 is 1.41 bits per heavy atom. The van der Waals surface area contributed by atoms with Gasteiger partial charge in [0.15, 0.2) is 17.8 Å². The molecule has 1 saturated heterocycles. The Labute approximate surface area is 122 Å². The molecule has 1 fully saturated rings. The number of rotatable bonds is 4. The second-order valence-electron chi connectivity index (χ2n) is 4.49. The Balaban J connectivity index is 2.41. The SMILES string of the molecule is Nc1nc(=O)n(C2O[C@H](CO)[C@@H](O)[C@H]2O)cc1OP(=O)(O)O. The number of hydrogen-bond donors (Lipinski definition) is 6. The summed E-state index contributed by atoms with van der Waals surface area (Å²) in [5, 5.41) is 28.5. The molecule has 12 nitrogen and oxygen atoms in total. The second kappa shape index (κ2) is 5.93. The number of nitrogens with two attached hydrogens (primary N) is 1. The van der Waals surface area contributed by atoms with Crippen molar-refractivity contribution >= 4 is 13.6 Å². The van der Waals surface area contributed by atoms with Gasteiger partial charge in [-0.2, -0.15) is 4.98 Å². The van der Waals surface area contributed by atoms with E-state index >= 15 is 0 Å². The molecule has 2 rings (SSSR count). The molecule has 124 valence electrons. The molecule has 0 aliphatic carbocycles. The lowest BCUT2D eigenvalue weighted by atomic mass is 10.1. The van der Waals surface area contributed by atoms with E-state index in [1.54, 1.807) is 0 Å². The maximum absolute atomic E-state index is 11.8. The first-order valence-corrected chi connectivity index (χ1v) is 7.43. The van der Waals surface area contributed by atoms with Crippen molar-refractivity contribution in [3.63, 3.8) is 0 Å². The van der Waals surface area contributed by atoms with E-state index in [-0.39, 0.29) is 0 Å². The Bertz CT molecular complexity index is 658. The summed E-state index contributed by atoms with van der Waals surface area (Å²) >= 11 is 0. The first-order valence-electron chi connectivity index (χ1n) is 5.90. The monoisotopic (exact) mass is 339 g/mol. The number of anilines is 1. The molecule has 0 saturated carbocycles. The number of phosphoric ester groups is 1. The van der Waals surface area contributed by atoms with E-state index < -0.39 is 56.2 Å². The molecule has 0 spiro atoms. The normalized spacial score (nSPS) is 28.8. The van der Waals surface area contributed by atoms with Gasteiger partial charge in [0.1, 0.15) is 18.3 Å². The van der Waals surface area contributed by atoms with Gasteiger partial charge in [-0.05, 0) is 0 Å². The number of nitrogens with zero attached hydrogens (tertiary/aromatic N) is 2. The number of phosphoric acid groups is 1. The summed E-state index contributed by atoms with van der Waals surface area (Å²) in [6.07, 6.45) is -4.85. The first kappa shape index (κ1) is 16.8. The average molecular weight is 339 g/mol. The van der Waals surface area contributed by atoms with Gasteiger partial charge < -0.3 is 30.3 Å². The molecule has 2 heterocycles. The summed E-state index contributed by atoms with van der Waals surface area (Å²) < 4.78 is 20.9. The van der Waals surface area contributed by atoms with E-state index in [0.29, 0.717) is 4.57 Å². The standard InChI is InChI=1S/C9H14N3O9P/c10-7-3(21-22(17,18)19)1-12(9(16)11-7)8-6(15)5(14)4(2-13)20-8/h1,4-6,8,13-15H,2H2,(H2,10,11,16)(H2,17,18,19)/t4-,5-,6-,8?/m1/s1. The summed E-state index contributed by atoms with van der Waals surface area (Å²) in [6, 6.07) is 0. The minimum Gasteiger partial charge on any atom is -0.399 e. The van der Waals surface area contributed by atoms with Crippen molar-refractivity contribution in [2.75, 3.05) is 12.3 Å². The van der Waals surface area contributed by atoms with E-state index in [1.165, 1.54) is 0 Å². The Morgan fingerprint density at radius 2 is 2.05 bits per heavy atom. The van der Waals surface area contributed by atoms with Crippen LogP contribution >= 0.6 is 7.82 Å². The third kappa shape index (κ3) is 3.28. The number of aromatic nitrogens is 2. The van der Waals surface area contributed by atoms with E-state index in [1.807, 2.05) is 0 Å². The van der Waals surface area contributed by atoms with Crippen LogP contribution in [0.25, 0.3) is 0 Å². The van der Waals surface area contributed by atoms with Crippen LogP contribution in [0.15, 0.2) is 11.0 Å². The van der Waals surface area contributed by atoms with Crippen molar-refractivity contribution in [3.05, 3.63) is 16.7 Å². The third-order valence-corrected chi connectivity index (χ3v) is 3.39. The highest BCUT2D eigenvalue weighted by Crippen LogP contribution is 2.39. The largest absolute Gasteiger partial charge is 0.524 e. The van der Waals surface area contributed by atoms with Crippen molar-refractivity contribution in [2.45, 2.75) is 24.5 Å². The highest BCUT2D eigenvalue weighted by atomic mass is 31.2. The van der Waals surface area contributed by atoms with Gasteiger partial charge in [0.2, 0.25) is 0 Å². The zero-order valence-electron chi connectivity index (χ0n) is 10.9. The van der Waals surface area contributed by atoms with Crippen LogP contribution in [0.1, 0.15) is 6.23 Å². The predicted octanol–water partition coefficient (Wildman–Crippen LogP) is -3.09. The lowest BCUT2D eigenvalue weighted by molar-refractivity contribution is -0.0551. The van der Waals surface area contributed by atoms with Crippen LogP contribution in [0.5, 0.6) is 5.75 Å². The highest BCUT2D eigenvalue weighted by Gasteiger charge is 2.44. The van der Waals surface area contributed by atoms with Crippen LogP contribution in [-0.2, 0) is 9.30 Å². The number of hydrogen-bond acceptors (Lipinski definition) is 9. The summed E-state index contributed by atoms with van der Waals surface area (Å²) in [5.41, 5.74) is 4.32. The minimum absolute atomic E-state index is 0.573. The lowest BCUT2D eigenvalue weighted by Gasteiger charge is -2.18. The molecular weight excluding hydrogens is 325 g/mol. The molecule has 0 bridgehead atoms. The van der Waals surface area contributed by atoms with Crippen LogP contribution in [0.3, 0.4) is 0 Å². The third-order valence-electron chi connectivity index (χ3n) is 2.95. The number of aliphatic hydroxyl groups excluding tert-OH is 3. The summed E-state index contributed by atoms with van der Waals surface area (Å²) in [6.45, 7) is -0.613. The van der Waals surface area contributed by atoms with Gasteiger partial charge in [0, 0.05) is 0 Å². The summed E-state index contributed by atoms with van der Waals surface area (Å²) in [5.74, 6) is -1.18. The molecule has 0 amide bonds. The molecule has 0 radical (unpaired) electrons. The number of ether oxygens (including phenoxy) is 1. The molecule has 1 unspecified atom stereocenters. The molecule has 7 N–H and O–H groups in total. The molecule has 1 aromatic rings. The molecule has 1 aliphatic rings. The van der Waals surface area contributed by atoms with Crippen molar-refractivity contribution in [1.82, 2.24) is 9.55 Å². The maximum Gasteiger partial charge on any atom is 0.524 e. The van der Waals surface area contributed by atoms with Gasteiger partial charge in [0.05, 0.1) is 12.8 Å². The molecule has 0 aromatic carbocycles. The van der Waals surface area contributed by atoms with Crippen molar-refractivity contribution in [3.8, 4) is 5.75 Å². The molecule has 22 heavy (non-hydrogen) atoms. The molecule has 4 atom stereocenters. The van der Waals surface area contributed by atoms with Crippen LogP contribution in [0.4, 0.5) is 5.82 Å². The average Bonchev–Trinajstić information content (AvgIpc) is 2.68. The Morgan fingerprint density at radius 3 is 2.55 bits per heavy atom. The number of nitrogen functional groups attached to an aromatic ring is 1. The van der Waals surface area contributed by atoms with E-state index in [0.717, 1.165) is 6.20 Å². The van der Waals surface area contributed by atoms with E-state index in [4.69, 9.17) is 25.4 Å².